The van der Waals surface area contributed by atoms with Gasteiger partial charge in [-0.05, 0) is 61.1 Å². The molecule has 1 heteroatoms. The van der Waals surface area contributed by atoms with Crippen molar-refractivity contribution in [1.82, 2.24) is 5.32 Å². The Morgan fingerprint density at radius 2 is 1.80 bits per heavy atom. The van der Waals surface area contributed by atoms with Gasteiger partial charge in [0, 0.05) is 6.04 Å². The van der Waals surface area contributed by atoms with E-state index in [2.05, 4.69) is 57.3 Å². The van der Waals surface area contributed by atoms with E-state index in [1.54, 1.807) is 0 Å². The Hall–Kier alpha value is -0.820. The number of benzene rings is 1. The zero-order valence-corrected chi connectivity index (χ0v) is 13.7. The third kappa shape index (κ3) is 4.34. The second-order valence-electron chi connectivity index (χ2n) is 7.48. The molecular weight excluding hydrogens is 242 g/mol. The van der Waals surface area contributed by atoms with E-state index in [4.69, 9.17) is 0 Å². The highest BCUT2D eigenvalue weighted by Crippen LogP contribution is 2.29. The zero-order valence-electron chi connectivity index (χ0n) is 13.7. The normalized spacial score (nSPS) is 23.2. The van der Waals surface area contributed by atoms with Gasteiger partial charge in [-0.3, -0.25) is 0 Å². The summed E-state index contributed by atoms with van der Waals surface area (Å²) in [6.45, 7) is 10.3. The van der Waals surface area contributed by atoms with Crippen molar-refractivity contribution in [2.45, 2.75) is 71.3 Å². The smallest absolute Gasteiger partial charge is 0.00699 e. The van der Waals surface area contributed by atoms with Gasteiger partial charge in [0.05, 0.1) is 0 Å². The number of hydrogen-bond donors (Lipinski definition) is 1. The van der Waals surface area contributed by atoms with Crippen LogP contribution >= 0.6 is 0 Å². The molecule has 0 saturated heterocycles. The minimum absolute atomic E-state index is 0.265. The van der Waals surface area contributed by atoms with Crippen LogP contribution in [0.25, 0.3) is 0 Å². The second-order valence-corrected chi connectivity index (χ2v) is 7.48. The predicted molar refractivity (Wildman–Crippen MR) is 88.3 cm³/mol. The van der Waals surface area contributed by atoms with E-state index in [9.17, 15) is 0 Å². The monoisotopic (exact) mass is 273 g/mol. The highest BCUT2D eigenvalue weighted by molar-refractivity contribution is 5.27. The predicted octanol–water partition coefficient (Wildman–Crippen LogP) is 4.69. The molecule has 1 aliphatic rings. The van der Waals surface area contributed by atoms with Gasteiger partial charge >= 0.3 is 0 Å². The second kappa shape index (κ2) is 6.76. The summed E-state index contributed by atoms with van der Waals surface area (Å²) in [7, 11) is 0. The largest absolute Gasteiger partial charge is 0.314 e. The van der Waals surface area contributed by atoms with Crippen LogP contribution in [0.4, 0.5) is 0 Å². The van der Waals surface area contributed by atoms with Crippen LogP contribution in [-0.2, 0) is 11.8 Å². The fourth-order valence-corrected chi connectivity index (χ4v) is 3.27. The molecule has 1 nitrogen and oxygen atoms in total. The van der Waals surface area contributed by atoms with Crippen LogP contribution in [0.2, 0.25) is 0 Å². The molecule has 20 heavy (non-hydrogen) atoms. The van der Waals surface area contributed by atoms with Gasteiger partial charge in [0.1, 0.15) is 0 Å². The molecule has 0 amide bonds. The van der Waals surface area contributed by atoms with Crippen LogP contribution in [0.15, 0.2) is 24.3 Å². The molecule has 0 spiro atoms. The fraction of sp³-hybridized carbons (Fsp3) is 0.684. The highest BCUT2D eigenvalue weighted by atomic mass is 14.9. The summed E-state index contributed by atoms with van der Waals surface area (Å²) in [5, 5.41) is 3.68. The van der Waals surface area contributed by atoms with Gasteiger partial charge < -0.3 is 5.32 Å². The SMILES string of the molecule is CCCNC1CCC(Cc2ccc(C(C)(C)C)cc2)C1. The lowest BCUT2D eigenvalue weighted by atomic mass is 9.86. The minimum Gasteiger partial charge on any atom is -0.314 e. The van der Waals surface area contributed by atoms with Crippen LogP contribution in [-0.4, -0.2) is 12.6 Å². The highest BCUT2D eigenvalue weighted by Gasteiger charge is 2.24. The first-order valence-electron chi connectivity index (χ1n) is 8.32. The van der Waals surface area contributed by atoms with Gasteiger partial charge in [-0.25, -0.2) is 0 Å². The Bertz CT molecular complexity index is 399. The molecule has 2 atom stereocenters. The summed E-state index contributed by atoms with van der Waals surface area (Å²) in [6, 6.07) is 10.1. The van der Waals surface area contributed by atoms with E-state index in [0.717, 1.165) is 12.0 Å². The lowest BCUT2D eigenvalue weighted by Gasteiger charge is -2.19. The maximum atomic E-state index is 3.68. The molecule has 112 valence electrons. The average molecular weight is 273 g/mol. The van der Waals surface area contributed by atoms with E-state index in [1.807, 2.05) is 0 Å². The van der Waals surface area contributed by atoms with Crippen LogP contribution in [0, 0.1) is 5.92 Å². The minimum atomic E-state index is 0.265. The molecule has 2 rings (SSSR count). The molecule has 0 aliphatic heterocycles. The molecular formula is C19H31N. The van der Waals surface area contributed by atoms with Crippen LogP contribution in [0.5, 0.6) is 0 Å². The van der Waals surface area contributed by atoms with Crippen molar-refractivity contribution in [3.8, 4) is 0 Å². The van der Waals surface area contributed by atoms with Crippen molar-refractivity contribution >= 4 is 0 Å². The molecule has 1 fully saturated rings. The lowest BCUT2D eigenvalue weighted by molar-refractivity contribution is 0.484. The van der Waals surface area contributed by atoms with Gasteiger partial charge in [0.15, 0.2) is 0 Å². The summed E-state index contributed by atoms with van der Waals surface area (Å²) < 4.78 is 0. The van der Waals surface area contributed by atoms with E-state index in [0.29, 0.717) is 0 Å². The van der Waals surface area contributed by atoms with Gasteiger partial charge in [-0.1, -0.05) is 52.0 Å². The van der Waals surface area contributed by atoms with Gasteiger partial charge in [0.25, 0.3) is 0 Å². The summed E-state index contributed by atoms with van der Waals surface area (Å²) in [5.41, 5.74) is 3.22. The van der Waals surface area contributed by atoms with Gasteiger partial charge in [0.2, 0.25) is 0 Å². The third-order valence-corrected chi connectivity index (χ3v) is 4.57. The number of nitrogens with one attached hydrogen (secondary N) is 1. The Labute approximate surface area is 125 Å². The molecule has 1 aromatic carbocycles. The van der Waals surface area contributed by atoms with E-state index < -0.39 is 0 Å². The Morgan fingerprint density at radius 1 is 1.10 bits per heavy atom. The molecule has 0 heterocycles. The number of rotatable bonds is 5. The zero-order chi connectivity index (χ0) is 14.6. The molecule has 1 saturated carbocycles. The van der Waals surface area contributed by atoms with E-state index in [-0.39, 0.29) is 5.41 Å². The maximum absolute atomic E-state index is 3.68. The maximum Gasteiger partial charge on any atom is 0.00699 e. The van der Waals surface area contributed by atoms with Crippen molar-refractivity contribution in [2.24, 2.45) is 5.92 Å². The molecule has 1 aliphatic carbocycles. The summed E-state index contributed by atoms with van der Waals surface area (Å²) >= 11 is 0. The molecule has 2 unspecified atom stereocenters. The first-order valence-corrected chi connectivity index (χ1v) is 8.32. The average Bonchev–Trinajstić information content (AvgIpc) is 2.83. The number of hydrogen-bond acceptors (Lipinski definition) is 1. The third-order valence-electron chi connectivity index (χ3n) is 4.57. The summed E-state index contributed by atoms with van der Waals surface area (Å²) in [4.78, 5) is 0. The topological polar surface area (TPSA) is 12.0 Å². The van der Waals surface area contributed by atoms with Crippen molar-refractivity contribution in [3.63, 3.8) is 0 Å². The summed E-state index contributed by atoms with van der Waals surface area (Å²) in [5.74, 6) is 0.879. The van der Waals surface area contributed by atoms with Crippen molar-refractivity contribution in [2.75, 3.05) is 6.54 Å². The Balaban J connectivity index is 1.85. The summed E-state index contributed by atoms with van der Waals surface area (Å²) in [6.07, 6.45) is 6.62. The molecule has 0 bridgehead atoms. The first kappa shape index (κ1) is 15.6. The van der Waals surface area contributed by atoms with Gasteiger partial charge in [-0.2, -0.15) is 0 Å². The Kier molecular flexibility index (Phi) is 5.26. The standard InChI is InChI=1S/C19H31N/c1-5-12-20-18-11-8-16(14-18)13-15-6-9-17(10-7-15)19(2,3)4/h6-7,9-10,16,18,20H,5,8,11-14H2,1-4H3. The fourth-order valence-electron chi connectivity index (χ4n) is 3.27. The van der Waals surface area contributed by atoms with Gasteiger partial charge in [-0.15, -0.1) is 0 Å². The first-order chi connectivity index (χ1) is 9.49. The van der Waals surface area contributed by atoms with Crippen molar-refractivity contribution < 1.29 is 0 Å². The molecule has 0 aromatic heterocycles. The van der Waals surface area contributed by atoms with Crippen LogP contribution in [0.3, 0.4) is 0 Å². The van der Waals surface area contributed by atoms with Crippen LogP contribution < -0.4 is 5.32 Å². The van der Waals surface area contributed by atoms with Crippen molar-refractivity contribution in [3.05, 3.63) is 35.4 Å². The lowest BCUT2D eigenvalue weighted by Crippen LogP contribution is -2.27. The quantitative estimate of drug-likeness (QED) is 0.820. The van der Waals surface area contributed by atoms with E-state index in [1.165, 1.54) is 49.8 Å². The van der Waals surface area contributed by atoms with E-state index >= 15 is 0 Å². The molecule has 1 aromatic rings. The van der Waals surface area contributed by atoms with Crippen LogP contribution in [0.1, 0.15) is 64.5 Å². The van der Waals surface area contributed by atoms with Crippen molar-refractivity contribution in [1.29, 1.82) is 0 Å². The molecule has 1 N–H and O–H groups in total. The Morgan fingerprint density at radius 3 is 2.40 bits per heavy atom. The molecule has 0 radical (unpaired) electrons.